The van der Waals surface area contributed by atoms with Gasteiger partial charge in [0.1, 0.15) is 18.2 Å². The number of nitrogens with one attached hydrogen (secondary N) is 1. The summed E-state index contributed by atoms with van der Waals surface area (Å²) in [6, 6.07) is 10.0. The monoisotopic (exact) mass is 347 g/mol. The Balaban J connectivity index is 2.42. The number of anilines is 1. The van der Waals surface area contributed by atoms with Crippen LogP contribution in [0.15, 0.2) is 30.6 Å². The standard InChI is InChI=1S/C19H17N5S/c1-10-6-11(2)15(12(3)7-10)14-5-4-13(8-20)17(21)16(14)18-22-9-23-19(25)24-18/h4-7,9H,21H2,1-3H3,(H,22,23,24,25). The molecule has 1 aromatic heterocycles. The van der Waals surface area contributed by atoms with Crippen molar-refractivity contribution in [1.82, 2.24) is 15.0 Å². The summed E-state index contributed by atoms with van der Waals surface area (Å²) >= 11 is 5.12. The average Bonchev–Trinajstić information content (AvgIpc) is 2.54. The van der Waals surface area contributed by atoms with Crippen molar-refractivity contribution >= 4 is 17.9 Å². The molecule has 0 aliphatic carbocycles. The number of benzene rings is 2. The molecule has 0 aliphatic heterocycles. The molecule has 0 spiro atoms. The van der Waals surface area contributed by atoms with Crippen molar-refractivity contribution in [1.29, 1.82) is 5.26 Å². The highest BCUT2D eigenvalue weighted by atomic mass is 32.1. The molecule has 0 saturated carbocycles. The van der Waals surface area contributed by atoms with Gasteiger partial charge in [-0.15, -0.1) is 0 Å². The van der Waals surface area contributed by atoms with Gasteiger partial charge in [0.05, 0.1) is 11.3 Å². The number of aromatic amines is 1. The first-order valence-electron chi connectivity index (χ1n) is 7.75. The molecule has 0 unspecified atom stereocenters. The van der Waals surface area contributed by atoms with Crippen LogP contribution in [0.4, 0.5) is 5.69 Å². The van der Waals surface area contributed by atoms with Gasteiger partial charge in [-0.2, -0.15) is 5.26 Å². The van der Waals surface area contributed by atoms with E-state index in [1.54, 1.807) is 6.07 Å². The third-order valence-corrected chi connectivity index (χ3v) is 4.34. The molecule has 0 saturated heterocycles. The minimum absolute atomic E-state index is 0.315. The Morgan fingerprint density at radius 1 is 1.08 bits per heavy atom. The van der Waals surface area contributed by atoms with Crippen molar-refractivity contribution in [2.24, 2.45) is 0 Å². The Kier molecular flexibility index (Phi) is 4.34. The quantitative estimate of drug-likeness (QED) is 0.534. The summed E-state index contributed by atoms with van der Waals surface area (Å²) < 4.78 is 0.315. The lowest BCUT2D eigenvalue weighted by molar-refractivity contribution is 1.03. The zero-order chi connectivity index (χ0) is 18.1. The van der Waals surface area contributed by atoms with Gasteiger partial charge in [0.2, 0.25) is 0 Å². The van der Waals surface area contributed by atoms with E-state index in [4.69, 9.17) is 18.0 Å². The fourth-order valence-electron chi connectivity index (χ4n) is 3.22. The van der Waals surface area contributed by atoms with Crippen LogP contribution in [0.5, 0.6) is 0 Å². The number of H-pyrrole nitrogens is 1. The molecule has 0 atom stereocenters. The summed E-state index contributed by atoms with van der Waals surface area (Å²) in [5.41, 5.74) is 13.2. The largest absolute Gasteiger partial charge is 0.397 e. The van der Waals surface area contributed by atoms with E-state index < -0.39 is 0 Å². The molecule has 0 amide bonds. The maximum absolute atomic E-state index is 9.36. The minimum Gasteiger partial charge on any atom is -0.397 e. The molecule has 124 valence electrons. The first-order chi connectivity index (χ1) is 11.9. The van der Waals surface area contributed by atoms with Gasteiger partial charge in [-0.3, -0.25) is 0 Å². The van der Waals surface area contributed by atoms with E-state index in [-0.39, 0.29) is 0 Å². The summed E-state index contributed by atoms with van der Waals surface area (Å²) in [6.45, 7) is 6.20. The molecule has 2 aromatic carbocycles. The lowest BCUT2D eigenvalue weighted by Crippen LogP contribution is -2.02. The van der Waals surface area contributed by atoms with Crippen molar-refractivity contribution in [3.05, 3.63) is 57.6 Å². The number of nitrogens with two attached hydrogens (primary N) is 1. The molecule has 0 radical (unpaired) electrons. The Morgan fingerprint density at radius 3 is 2.36 bits per heavy atom. The van der Waals surface area contributed by atoms with Crippen LogP contribution in [0.1, 0.15) is 22.3 Å². The fourth-order valence-corrected chi connectivity index (χ4v) is 3.36. The topological polar surface area (TPSA) is 91.4 Å². The molecule has 3 rings (SSSR count). The van der Waals surface area contributed by atoms with Crippen LogP contribution >= 0.6 is 12.2 Å². The van der Waals surface area contributed by atoms with E-state index in [2.05, 4.69) is 53.9 Å². The number of aromatic nitrogens is 3. The highest BCUT2D eigenvalue weighted by Crippen LogP contribution is 2.39. The Hall–Kier alpha value is -3.04. The molecule has 5 nitrogen and oxygen atoms in total. The van der Waals surface area contributed by atoms with Gasteiger partial charge in [-0.1, -0.05) is 23.8 Å². The summed E-state index contributed by atoms with van der Waals surface area (Å²) in [6.07, 6.45) is 1.39. The number of nitrogens with zero attached hydrogens (tertiary/aromatic N) is 3. The van der Waals surface area contributed by atoms with Crippen molar-refractivity contribution in [2.45, 2.75) is 20.8 Å². The molecular weight excluding hydrogens is 330 g/mol. The second-order valence-corrected chi connectivity index (χ2v) is 6.37. The van der Waals surface area contributed by atoms with Crippen LogP contribution < -0.4 is 5.73 Å². The average molecular weight is 347 g/mol. The molecule has 6 heteroatoms. The highest BCUT2D eigenvalue weighted by molar-refractivity contribution is 7.71. The minimum atomic E-state index is 0.315. The number of nitriles is 1. The Bertz CT molecular complexity index is 1050. The lowest BCUT2D eigenvalue weighted by Gasteiger charge is -2.17. The third-order valence-electron chi connectivity index (χ3n) is 4.14. The van der Waals surface area contributed by atoms with Gasteiger partial charge in [0, 0.05) is 5.56 Å². The summed E-state index contributed by atoms with van der Waals surface area (Å²) in [5.74, 6) is 0.504. The number of hydrogen-bond acceptors (Lipinski definition) is 5. The van der Waals surface area contributed by atoms with Crippen LogP contribution in [0.3, 0.4) is 0 Å². The molecule has 3 N–H and O–H groups in total. The van der Waals surface area contributed by atoms with E-state index in [1.807, 2.05) is 6.07 Å². The van der Waals surface area contributed by atoms with E-state index in [0.29, 0.717) is 27.4 Å². The normalized spacial score (nSPS) is 10.5. The van der Waals surface area contributed by atoms with Crippen LogP contribution in [0, 0.1) is 36.9 Å². The Morgan fingerprint density at radius 2 is 1.76 bits per heavy atom. The van der Waals surface area contributed by atoms with Gasteiger partial charge in [0.15, 0.2) is 4.77 Å². The van der Waals surface area contributed by atoms with E-state index >= 15 is 0 Å². The molecule has 0 aliphatic rings. The molecule has 0 fully saturated rings. The van der Waals surface area contributed by atoms with Crippen LogP contribution in [-0.2, 0) is 0 Å². The van der Waals surface area contributed by atoms with Crippen molar-refractivity contribution in [3.63, 3.8) is 0 Å². The number of nitrogen functional groups attached to an aromatic ring is 1. The SMILES string of the molecule is Cc1cc(C)c(-c2ccc(C#N)c(N)c2-c2ncnc(=S)[nH]2)c(C)c1. The maximum Gasteiger partial charge on any atom is 0.199 e. The van der Waals surface area contributed by atoms with Crippen molar-refractivity contribution in [2.75, 3.05) is 5.73 Å². The van der Waals surface area contributed by atoms with Crippen LogP contribution in [-0.4, -0.2) is 15.0 Å². The Labute approximate surface area is 151 Å². The molecule has 25 heavy (non-hydrogen) atoms. The second kappa shape index (κ2) is 6.46. The van der Waals surface area contributed by atoms with E-state index in [0.717, 1.165) is 22.3 Å². The van der Waals surface area contributed by atoms with Gasteiger partial charge in [-0.25, -0.2) is 9.97 Å². The van der Waals surface area contributed by atoms with Crippen LogP contribution in [0.2, 0.25) is 0 Å². The van der Waals surface area contributed by atoms with Gasteiger partial charge >= 0.3 is 0 Å². The summed E-state index contributed by atoms with van der Waals surface area (Å²) in [5, 5.41) is 9.36. The first-order valence-corrected chi connectivity index (χ1v) is 8.15. The van der Waals surface area contributed by atoms with E-state index in [1.165, 1.54) is 11.9 Å². The molecular formula is C19H17N5S. The lowest BCUT2D eigenvalue weighted by atomic mass is 9.89. The zero-order valence-electron chi connectivity index (χ0n) is 14.2. The molecule has 0 bridgehead atoms. The van der Waals surface area contributed by atoms with Crippen molar-refractivity contribution < 1.29 is 0 Å². The van der Waals surface area contributed by atoms with E-state index in [9.17, 15) is 5.26 Å². The molecule has 3 aromatic rings. The summed E-state index contributed by atoms with van der Waals surface area (Å²) in [7, 11) is 0. The first kappa shape index (κ1) is 16.8. The predicted molar refractivity (Wildman–Crippen MR) is 101 cm³/mol. The number of aryl methyl sites for hydroxylation is 3. The maximum atomic E-state index is 9.36. The van der Waals surface area contributed by atoms with Crippen LogP contribution in [0.25, 0.3) is 22.5 Å². The predicted octanol–water partition coefficient (Wildman–Crippen LogP) is 4.25. The van der Waals surface area contributed by atoms with Crippen molar-refractivity contribution in [3.8, 4) is 28.6 Å². The van der Waals surface area contributed by atoms with Gasteiger partial charge < -0.3 is 10.7 Å². The number of hydrogen-bond donors (Lipinski definition) is 2. The second-order valence-electron chi connectivity index (χ2n) is 5.99. The molecule has 1 heterocycles. The fraction of sp³-hybridized carbons (Fsp3) is 0.158. The van der Waals surface area contributed by atoms with Gasteiger partial charge in [0.25, 0.3) is 0 Å². The summed E-state index contributed by atoms with van der Waals surface area (Å²) in [4.78, 5) is 11.2. The number of rotatable bonds is 2. The van der Waals surface area contributed by atoms with Gasteiger partial charge in [-0.05, 0) is 61.3 Å². The zero-order valence-corrected chi connectivity index (χ0v) is 15.0. The smallest absolute Gasteiger partial charge is 0.199 e. The third kappa shape index (κ3) is 3.02. The highest BCUT2D eigenvalue weighted by Gasteiger charge is 2.18.